The topological polar surface area (TPSA) is 74.2 Å². The molecule has 0 fully saturated rings. The van der Waals surface area contributed by atoms with Crippen LogP contribution in [0.5, 0.6) is 28.7 Å². The summed E-state index contributed by atoms with van der Waals surface area (Å²) in [5.74, 6) is 2.02. The summed E-state index contributed by atoms with van der Waals surface area (Å²) in [6.45, 7) is 0. The van der Waals surface area contributed by atoms with Crippen molar-refractivity contribution >= 4 is 5.78 Å². The smallest absolute Gasteiger partial charge is 0.203 e. The molecule has 0 heterocycles. The normalized spacial score (nSPS) is 15.7. The first kappa shape index (κ1) is 21.4. The van der Waals surface area contributed by atoms with Crippen LogP contribution in [0.25, 0.3) is 0 Å². The minimum Gasteiger partial charge on any atom is -0.504 e. The molecule has 2 aromatic rings. The average molecular weight is 388 g/mol. The van der Waals surface area contributed by atoms with Crippen LogP contribution in [0.2, 0.25) is 0 Å². The SMILES string of the molecule is C.COc1ccc(C2CC(=O)CCc3c2cc(OC)c(OC)c3OC)cc1O. The van der Waals surface area contributed by atoms with Crippen molar-refractivity contribution in [3.63, 3.8) is 0 Å². The molecule has 0 spiro atoms. The summed E-state index contributed by atoms with van der Waals surface area (Å²) in [5, 5.41) is 10.2. The molecule has 0 aliphatic heterocycles. The highest BCUT2D eigenvalue weighted by Crippen LogP contribution is 2.48. The second-order valence-electron chi connectivity index (χ2n) is 6.44. The van der Waals surface area contributed by atoms with Gasteiger partial charge in [-0.1, -0.05) is 13.5 Å². The lowest BCUT2D eigenvalue weighted by molar-refractivity contribution is -0.119. The molecular weight excluding hydrogens is 360 g/mol. The summed E-state index contributed by atoms with van der Waals surface area (Å²) in [5.41, 5.74) is 2.71. The molecule has 3 rings (SSSR count). The van der Waals surface area contributed by atoms with Gasteiger partial charge in [-0.25, -0.2) is 0 Å². The number of ketones is 1. The molecule has 0 saturated carbocycles. The number of rotatable bonds is 5. The Kier molecular flexibility index (Phi) is 6.78. The zero-order valence-electron chi connectivity index (χ0n) is 16.0. The fourth-order valence-corrected chi connectivity index (χ4v) is 3.73. The molecule has 0 saturated heterocycles. The van der Waals surface area contributed by atoms with Crippen LogP contribution >= 0.6 is 0 Å². The van der Waals surface area contributed by atoms with Crippen molar-refractivity contribution in [3.8, 4) is 28.7 Å². The zero-order chi connectivity index (χ0) is 19.6. The standard InChI is InChI=1S/C21H24O6.CH4/c1-24-18-8-5-12(9-17(18)23)15-10-13(22)6-7-14-16(15)11-19(25-2)21(27-4)20(14)26-3;/h5,8-9,11,15,23H,6-7,10H2,1-4H3;1H4. The first-order valence-corrected chi connectivity index (χ1v) is 8.74. The molecule has 1 unspecified atom stereocenters. The number of carbonyl (C=O) groups is 1. The zero-order valence-corrected chi connectivity index (χ0v) is 16.0. The molecule has 6 nitrogen and oxygen atoms in total. The monoisotopic (exact) mass is 388 g/mol. The van der Waals surface area contributed by atoms with E-state index in [1.54, 1.807) is 33.5 Å². The summed E-state index contributed by atoms with van der Waals surface area (Å²) >= 11 is 0. The molecule has 1 aliphatic carbocycles. The van der Waals surface area contributed by atoms with Crippen molar-refractivity contribution in [1.82, 2.24) is 0 Å². The van der Waals surface area contributed by atoms with Crippen molar-refractivity contribution in [2.75, 3.05) is 28.4 Å². The number of fused-ring (bicyclic) bond motifs is 1. The van der Waals surface area contributed by atoms with Crippen molar-refractivity contribution in [3.05, 3.63) is 41.0 Å². The lowest BCUT2D eigenvalue weighted by Gasteiger charge is -2.23. The Morgan fingerprint density at radius 2 is 1.57 bits per heavy atom. The number of benzene rings is 2. The molecule has 2 aromatic carbocycles. The maximum absolute atomic E-state index is 12.5. The molecule has 152 valence electrons. The van der Waals surface area contributed by atoms with Gasteiger partial charge in [-0.3, -0.25) is 4.79 Å². The van der Waals surface area contributed by atoms with Crippen molar-refractivity contribution in [2.45, 2.75) is 32.6 Å². The number of hydrogen-bond acceptors (Lipinski definition) is 6. The summed E-state index contributed by atoms with van der Waals surface area (Å²) in [6.07, 6.45) is 1.34. The number of phenolic OH excluding ortho intramolecular Hbond substituents is 1. The van der Waals surface area contributed by atoms with Crippen molar-refractivity contribution in [1.29, 1.82) is 0 Å². The van der Waals surface area contributed by atoms with Gasteiger partial charge in [0, 0.05) is 24.3 Å². The van der Waals surface area contributed by atoms with E-state index in [2.05, 4.69) is 0 Å². The van der Waals surface area contributed by atoms with Crippen LogP contribution in [-0.2, 0) is 11.2 Å². The molecule has 0 bridgehead atoms. The Morgan fingerprint density at radius 3 is 2.14 bits per heavy atom. The van der Waals surface area contributed by atoms with Gasteiger partial charge in [0.1, 0.15) is 5.78 Å². The van der Waals surface area contributed by atoms with Crippen LogP contribution in [0.1, 0.15) is 42.9 Å². The Morgan fingerprint density at radius 1 is 0.893 bits per heavy atom. The average Bonchev–Trinajstić information content (AvgIpc) is 2.85. The number of Topliss-reactive ketones (excluding diaryl/α,β-unsaturated/α-hetero) is 1. The minimum atomic E-state index is -0.222. The Labute approximate surface area is 166 Å². The van der Waals surface area contributed by atoms with Gasteiger partial charge in [-0.2, -0.15) is 0 Å². The third kappa shape index (κ3) is 3.72. The van der Waals surface area contributed by atoms with Crippen molar-refractivity contribution in [2.24, 2.45) is 0 Å². The van der Waals surface area contributed by atoms with Crippen LogP contribution in [0.3, 0.4) is 0 Å². The predicted octanol–water partition coefficient (Wildman–Crippen LogP) is 4.10. The lowest BCUT2D eigenvalue weighted by atomic mass is 9.85. The van der Waals surface area contributed by atoms with E-state index < -0.39 is 0 Å². The second-order valence-corrected chi connectivity index (χ2v) is 6.44. The summed E-state index contributed by atoms with van der Waals surface area (Å²) in [7, 11) is 6.22. The highest BCUT2D eigenvalue weighted by Gasteiger charge is 2.30. The predicted molar refractivity (Wildman–Crippen MR) is 107 cm³/mol. The molecule has 0 amide bonds. The third-order valence-corrected chi connectivity index (χ3v) is 5.03. The maximum Gasteiger partial charge on any atom is 0.203 e. The Bertz CT molecular complexity index is 859. The van der Waals surface area contributed by atoms with E-state index in [1.807, 2.05) is 12.1 Å². The van der Waals surface area contributed by atoms with Gasteiger partial charge in [0.05, 0.1) is 28.4 Å². The lowest BCUT2D eigenvalue weighted by Crippen LogP contribution is -2.08. The number of phenols is 1. The molecule has 1 N–H and O–H groups in total. The van der Waals surface area contributed by atoms with E-state index in [1.165, 1.54) is 7.11 Å². The quantitative estimate of drug-likeness (QED) is 0.778. The third-order valence-electron chi connectivity index (χ3n) is 5.03. The van der Waals surface area contributed by atoms with Gasteiger partial charge in [-0.15, -0.1) is 0 Å². The van der Waals surface area contributed by atoms with E-state index in [9.17, 15) is 9.90 Å². The van der Waals surface area contributed by atoms with Gasteiger partial charge < -0.3 is 24.1 Å². The molecule has 0 radical (unpaired) electrons. The van der Waals surface area contributed by atoms with Crippen LogP contribution in [0.15, 0.2) is 24.3 Å². The molecule has 1 aliphatic rings. The van der Waals surface area contributed by atoms with E-state index in [0.717, 1.165) is 16.7 Å². The van der Waals surface area contributed by atoms with E-state index >= 15 is 0 Å². The fraction of sp³-hybridized carbons (Fsp3) is 0.409. The van der Waals surface area contributed by atoms with E-state index in [0.29, 0.717) is 42.3 Å². The van der Waals surface area contributed by atoms with Crippen LogP contribution in [0, 0.1) is 0 Å². The van der Waals surface area contributed by atoms with Gasteiger partial charge in [0.2, 0.25) is 5.75 Å². The van der Waals surface area contributed by atoms with Gasteiger partial charge in [0.25, 0.3) is 0 Å². The van der Waals surface area contributed by atoms with Gasteiger partial charge >= 0.3 is 0 Å². The molecular formula is C22H28O6. The van der Waals surface area contributed by atoms with Crippen molar-refractivity contribution < 1.29 is 28.8 Å². The first-order valence-electron chi connectivity index (χ1n) is 8.74. The molecule has 1 atom stereocenters. The number of ether oxygens (including phenoxy) is 4. The largest absolute Gasteiger partial charge is 0.504 e. The number of methoxy groups -OCH3 is 4. The summed E-state index contributed by atoms with van der Waals surface area (Å²) < 4.78 is 21.7. The van der Waals surface area contributed by atoms with Crippen LogP contribution < -0.4 is 18.9 Å². The highest BCUT2D eigenvalue weighted by molar-refractivity contribution is 5.82. The Hall–Kier alpha value is -2.89. The summed E-state index contributed by atoms with van der Waals surface area (Å²) in [4.78, 5) is 12.5. The van der Waals surface area contributed by atoms with E-state index in [4.69, 9.17) is 18.9 Å². The molecule has 0 aromatic heterocycles. The summed E-state index contributed by atoms with van der Waals surface area (Å²) in [6, 6.07) is 7.13. The maximum atomic E-state index is 12.5. The second kappa shape index (κ2) is 8.87. The number of aromatic hydroxyl groups is 1. The fourth-order valence-electron chi connectivity index (χ4n) is 3.73. The molecule has 6 heteroatoms. The number of carbonyl (C=O) groups excluding carboxylic acids is 1. The molecule has 28 heavy (non-hydrogen) atoms. The first-order chi connectivity index (χ1) is 13.0. The number of hydrogen-bond donors (Lipinski definition) is 1. The Balaban J connectivity index is 0.00000280. The van der Waals surface area contributed by atoms with Gasteiger partial charge in [0.15, 0.2) is 23.0 Å². The van der Waals surface area contributed by atoms with Crippen LogP contribution in [-0.4, -0.2) is 39.3 Å². The highest BCUT2D eigenvalue weighted by atomic mass is 16.5. The van der Waals surface area contributed by atoms with Gasteiger partial charge in [-0.05, 0) is 35.7 Å². The minimum absolute atomic E-state index is 0. The van der Waals surface area contributed by atoms with E-state index in [-0.39, 0.29) is 24.9 Å². The van der Waals surface area contributed by atoms with Crippen LogP contribution in [0.4, 0.5) is 0 Å².